The van der Waals surface area contributed by atoms with Crippen LogP contribution in [0.25, 0.3) is 0 Å². The molecule has 2 aromatic heterocycles. The number of hydrogen-bond donors (Lipinski definition) is 0. The summed E-state index contributed by atoms with van der Waals surface area (Å²) in [7, 11) is 1.51. The van der Waals surface area contributed by atoms with E-state index in [9.17, 15) is 4.79 Å². The van der Waals surface area contributed by atoms with Crippen molar-refractivity contribution in [3.05, 3.63) is 66.4 Å². The van der Waals surface area contributed by atoms with Crippen molar-refractivity contribution in [3.63, 3.8) is 0 Å². The summed E-state index contributed by atoms with van der Waals surface area (Å²) in [6.07, 6.45) is 8.70. The zero-order valence-corrected chi connectivity index (χ0v) is 16.3. The van der Waals surface area contributed by atoms with Crippen LogP contribution in [0.5, 0.6) is 11.9 Å². The Morgan fingerprint density at radius 2 is 2.07 bits per heavy atom. The maximum atomic E-state index is 12.9. The number of amides is 1. The molecular weight excluding hydrogens is 370 g/mol. The number of piperidine rings is 1. The number of carbonyl (C=O) groups is 1. The Morgan fingerprint density at radius 1 is 1.21 bits per heavy atom. The van der Waals surface area contributed by atoms with Crippen LogP contribution >= 0.6 is 0 Å². The number of rotatable bonds is 6. The van der Waals surface area contributed by atoms with Gasteiger partial charge in [-0.15, -0.1) is 0 Å². The first-order chi connectivity index (χ1) is 14.2. The van der Waals surface area contributed by atoms with E-state index in [1.807, 2.05) is 39.9 Å². The maximum Gasteiger partial charge on any atom is 0.319 e. The van der Waals surface area contributed by atoms with Crippen molar-refractivity contribution < 1.29 is 14.3 Å². The molecule has 1 aliphatic heterocycles. The largest absolute Gasteiger partial charge is 0.472 e. The number of imidazole rings is 1. The molecule has 0 radical (unpaired) electrons. The number of hydrogen-bond acceptors (Lipinski definition) is 6. The van der Waals surface area contributed by atoms with E-state index in [1.165, 1.54) is 7.11 Å². The fourth-order valence-corrected chi connectivity index (χ4v) is 3.41. The third-order valence-corrected chi connectivity index (χ3v) is 4.87. The van der Waals surface area contributed by atoms with Crippen LogP contribution in [0.2, 0.25) is 0 Å². The van der Waals surface area contributed by atoms with Gasteiger partial charge in [-0.25, -0.2) is 9.97 Å². The number of benzene rings is 1. The maximum absolute atomic E-state index is 12.9. The van der Waals surface area contributed by atoms with Crippen molar-refractivity contribution in [1.82, 2.24) is 24.4 Å². The molecule has 8 heteroatoms. The van der Waals surface area contributed by atoms with E-state index in [0.29, 0.717) is 18.0 Å². The quantitative estimate of drug-likeness (QED) is 0.640. The summed E-state index contributed by atoms with van der Waals surface area (Å²) in [5.41, 5.74) is 1.81. The summed E-state index contributed by atoms with van der Waals surface area (Å²) in [6, 6.07) is 9.70. The van der Waals surface area contributed by atoms with E-state index in [4.69, 9.17) is 9.47 Å². The lowest BCUT2D eigenvalue weighted by Crippen LogP contribution is -2.44. The number of carbonyl (C=O) groups excluding carboxylic acids is 1. The number of nitrogens with zero attached hydrogens (tertiary/aromatic N) is 5. The second kappa shape index (κ2) is 8.72. The van der Waals surface area contributed by atoms with E-state index in [1.54, 1.807) is 24.8 Å². The molecule has 0 aliphatic carbocycles. The lowest BCUT2D eigenvalue weighted by atomic mass is 10.1. The molecular formula is C21H23N5O3. The van der Waals surface area contributed by atoms with Crippen LogP contribution < -0.4 is 9.47 Å². The Balaban J connectivity index is 1.37. The van der Waals surface area contributed by atoms with E-state index in [0.717, 1.165) is 31.5 Å². The minimum atomic E-state index is -0.104. The predicted octanol–water partition coefficient (Wildman–Crippen LogP) is 2.41. The van der Waals surface area contributed by atoms with Crippen molar-refractivity contribution in [2.75, 3.05) is 20.2 Å². The highest BCUT2D eigenvalue weighted by Gasteiger charge is 2.26. The van der Waals surface area contributed by atoms with Crippen molar-refractivity contribution in [2.24, 2.45) is 0 Å². The fraction of sp³-hybridized carbons (Fsp3) is 0.333. The van der Waals surface area contributed by atoms with Crippen molar-refractivity contribution in [2.45, 2.75) is 25.5 Å². The SMILES string of the molecule is COc1nccc(OC2CCCN(C(=O)c3ccc(Cn4ccnc4)cc3)C2)n1. The average Bonchev–Trinajstić information content (AvgIpc) is 3.27. The minimum absolute atomic E-state index is 0.0211. The van der Waals surface area contributed by atoms with E-state index >= 15 is 0 Å². The summed E-state index contributed by atoms with van der Waals surface area (Å²) in [5, 5.41) is 0. The molecule has 1 saturated heterocycles. The van der Waals surface area contributed by atoms with Gasteiger partial charge in [0.1, 0.15) is 6.10 Å². The summed E-state index contributed by atoms with van der Waals surface area (Å²) in [6.45, 7) is 1.99. The van der Waals surface area contributed by atoms with Crippen LogP contribution in [0.4, 0.5) is 0 Å². The molecule has 1 amide bonds. The van der Waals surface area contributed by atoms with E-state index in [2.05, 4.69) is 15.0 Å². The zero-order valence-electron chi connectivity index (χ0n) is 16.3. The van der Waals surface area contributed by atoms with Gasteiger partial charge in [0, 0.05) is 43.3 Å². The lowest BCUT2D eigenvalue weighted by Gasteiger charge is -2.32. The number of likely N-dealkylation sites (tertiary alicyclic amines) is 1. The molecule has 3 aromatic rings. The Morgan fingerprint density at radius 3 is 2.83 bits per heavy atom. The topological polar surface area (TPSA) is 82.4 Å². The third-order valence-electron chi connectivity index (χ3n) is 4.87. The van der Waals surface area contributed by atoms with Crippen molar-refractivity contribution >= 4 is 5.91 Å². The molecule has 4 rings (SSSR count). The van der Waals surface area contributed by atoms with Gasteiger partial charge in [-0.05, 0) is 30.5 Å². The average molecular weight is 393 g/mol. The first kappa shape index (κ1) is 18.9. The standard InChI is InChI=1S/C21H23N5O3/c1-28-21-23-9-8-19(24-21)29-18-3-2-11-26(14-18)20(27)17-6-4-16(5-7-17)13-25-12-10-22-15-25/h4-10,12,15,18H,2-3,11,13-14H2,1H3. The smallest absolute Gasteiger partial charge is 0.319 e. The molecule has 1 aromatic carbocycles. The monoisotopic (exact) mass is 393 g/mol. The van der Waals surface area contributed by atoms with Crippen LogP contribution in [0.3, 0.4) is 0 Å². The molecule has 3 heterocycles. The van der Waals surface area contributed by atoms with Crippen LogP contribution in [0, 0.1) is 0 Å². The molecule has 0 saturated carbocycles. The van der Waals surface area contributed by atoms with Gasteiger partial charge in [0.05, 0.1) is 20.0 Å². The number of aromatic nitrogens is 4. The van der Waals surface area contributed by atoms with Crippen LogP contribution in [0.1, 0.15) is 28.8 Å². The first-order valence-corrected chi connectivity index (χ1v) is 9.59. The van der Waals surface area contributed by atoms with Gasteiger partial charge < -0.3 is 18.9 Å². The fourth-order valence-electron chi connectivity index (χ4n) is 3.41. The first-order valence-electron chi connectivity index (χ1n) is 9.59. The van der Waals surface area contributed by atoms with Gasteiger partial charge in [-0.2, -0.15) is 4.98 Å². The Labute approximate surface area is 169 Å². The molecule has 0 spiro atoms. The molecule has 8 nitrogen and oxygen atoms in total. The van der Waals surface area contributed by atoms with Crippen LogP contribution in [-0.4, -0.2) is 56.6 Å². The molecule has 1 atom stereocenters. The number of methoxy groups -OCH3 is 1. The molecule has 1 unspecified atom stereocenters. The van der Waals surface area contributed by atoms with Gasteiger partial charge in [-0.3, -0.25) is 4.79 Å². The Kier molecular flexibility index (Phi) is 5.69. The Hall–Kier alpha value is -3.42. The van der Waals surface area contributed by atoms with Crippen LogP contribution in [0.15, 0.2) is 55.2 Å². The number of ether oxygens (including phenoxy) is 2. The minimum Gasteiger partial charge on any atom is -0.472 e. The summed E-state index contributed by atoms with van der Waals surface area (Å²) in [4.78, 5) is 27.0. The molecule has 150 valence electrons. The highest BCUT2D eigenvalue weighted by atomic mass is 16.5. The van der Waals surface area contributed by atoms with E-state index in [-0.39, 0.29) is 18.0 Å². The molecule has 1 fully saturated rings. The van der Waals surface area contributed by atoms with E-state index < -0.39 is 0 Å². The zero-order chi connectivity index (χ0) is 20.1. The molecule has 29 heavy (non-hydrogen) atoms. The van der Waals surface area contributed by atoms with Gasteiger partial charge in [0.15, 0.2) is 0 Å². The lowest BCUT2D eigenvalue weighted by molar-refractivity contribution is 0.0525. The van der Waals surface area contributed by atoms with Gasteiger partial charge in [0.2, 0.25) is 5.88 Å². The Bertz CT molecular complexity index is 943. The highest BCUT2D eigenvalue weighted by molar-refractivity contribution is 5.94. The predicted molar refractivity (Wildman–Crippen MR) is 106 cm³/mol. The molecule has 1 aliphatic rings. The van der Waals surface area contributed by atoms with Gasteiger partial charge in [-0.1, -0.05) is 12.1 Å². The summed E-state index contributed by atoms with van der Waals surface area (Å²) < 4.78 is 13.0. The third kappa shape index (κ3) is 4.71. The van der Waals surface area contributed by atoms with Gasteiger partial charge in [0.25, 0.3) is 5.91 Å². The van der Waals surface area contributed by atoms with Gasteiger partial charge >= 0.3 is 6.01 Å². The van der Waals surface area contributed by atoms with Crippen LogP contribution in [-0.2, 0) is 6.54 Å². The normalized spacial score (nSPS) is 16.4. The summed E-state index contributed by atoms with van der Waals surface area (Å²) >= 11 is 0. The molecule has 0 N–H and O–H groups in total. The molecule has 0 bridgehead atoms. The highest BCUT2D eigenvalue weighted by Crippen LogP contribution is 2.20. The van der Waals surface area contributed by atoms with Crippen molar-refractivity contribution in [3.8, 4) is 11.9 Å². The summed E-state index contributed by atoms with van der Waals surface area (Å²) in [5.74, 6) is 0.479. The second-order valence-corrected chi connectivity index (χ2v) is 6.95. The second-order valence-electron chi connectivity index (χ2n) is 6.95. The van der Waals surface area contributed by atoms with Crippen molar-refractivity contribution in [1.29, 1.82) is 0 Å².